The van der Waals surface area contributed by atoms with Gasteiger partial charge in [0.05, 0.1) is 12.3 Å². The highest BCUT2D eigenvalue weighted by atomic mass is 32.2. The van der Waals surface area contributed by atoms with Crippen molar-refractivity contribution in [3.63, 3.8) is 0 Å². The van der Waals surface area contributed by atoms with E-state index in [9.17, 15) is 18.0 Å². The molecule has 0 aliphatic carbocycles. The standard InChI is InChI=1S/C21H29N3O5S/c1-4-23(5-2)19(25)14-22-10-12-24(13-11-22)21(26)20-17(15-30(3,27)28)16-8-6-7-9-18(16)29-20/h6-9H,4-5,10-15H2,1-3H3. The average Bonchev–Trinajstić information content (AvgIpc) is 3.06. The Kier molecular flexibility index (Phi) is 6.82. The molecular formula is C21H29N3O5S. The summed E-state index contributed by atoms with van der Waals surface area (Å²) in [5.41, 5.74) is 0.917. The molecule has 0 bridgehead atoms. The first kappa shape index (κ1) is 22.3. The molecule has 1 aliphatic rings. The van der Waals surface area contributed by atoms with Gasteiger partial charge in [0.1, 0.15) is 5.58 Å². The summed E-state index contributed by atoms with van der Waals surface area (Å²) in [6.07, 6.45) is 1.15. The van der Waals surface area contributed by atoms with E-state index >= 15 is 0 Å². The minimum absolute atomic E-state index is 0.0903. The number of hydrogen-bond donors (Lipinski definition) is 0. The molecule has 2 amide bonds. The summed E-state index contributed by atoms with van der Waals surface area (Å²) in [7, 11) is -3.34. The topological polar surface area (TPSA) is 91.1 Å². The molecule has 164 valence electrons. The zero-order valence-corrected chi connectivity index (χ0v) is 18.6. The second-order valence-corrected chi connectivity index (χ2v) is 9.75. The molecule has 1 aliphatic heterocycles. The zero-order chi connectivity index (χ0) is 21.9. The van der Waals surface area contributed by atoms with E-state index in [2.05, 4.69) is 0 Å². The van der Waals surface area contributed by atoms with Crippen molar-refractivity contribution in [1.82, 2.24) is 14.7 Å². The summed E-state index contributed by atoms with van der Waals surface area (Å²) in [6, 6.07) is 7.08. The number of nitrogens with zero attached hydrogens (tertiary/aromatic N) is 3. The molecule has 30 heavy (non-hydrogen) atoms. The van der Waals surface area contributed by atoms with E-state index in [1.54, 1.807) is 34.1 Å². The summed E-state index contributed by atoms with van der Waals surface area (Å²) in [5, 5.41) is 0.648. The lowest BCUT2D eigenvalue weighted by molar-refractivity contribution is -0.132. The first-order valence-electron chi connectivity index (χ1n) is 10.2. The van der Waals surface area contributed by atoms with Crippen LogP contribution in [-0.2, 0) is 20.4 Å². The van der Waals surface area contributed by atoms with Crippen LogP contribution in [0.25, 0.3) is 11.0 Å². The van der Waals surface area contributed by atoms with Crippen molar-refractivity contribution in [1.29, 1.82) is 0 Å². The lowest BCUT2D eigenvalue weighted by Crippen LogP contribution is -2.51. The Labute approximate surface area is 177 Å². The fraction of sp³-hybridized carbons (Fsp3) is 0.524. The van der Waals surface area contributed by atoms with Gasteiger partial charge in [0.15, 0.2) is 15.6 Å². The van der Waals surface area contributed by atoms with Gasteiger partial charge in [-0.2, -0.15) is 0 Å². The number of hydrogen-bond acceptors (Lipinski definition) is 6. The van der Waals surface area contributed by atoms with Gasteiger partial charge in [-0.15, -0.1) is 0 Å². The number of piperazine rings is 1. The maximum absolute atomic E-state index is 13.1. The second kappa shape index (κ2) is 9.18. The average molecular weight is 436 g/mol. The third kappa shape index (κ3) is 5.02. The van der Waals surface area contributed by atoms with Crippen LogP contribution in [0.15, 0.2) is 28.7 Å². The summed E-state index contributed by atoms with van der Waals surface area (Å²) in [5.74, 6) is -0.370. The van der Waals surface area contributed by atoms with E-state index in [0.29, 0.717) is 62.3 Å². The quantitative estimate of drug-likeness (QED) is 0.656. The number of benzene rings is 1. The van der Waals surface area contributed by atoms with Gasteiger partial charge in [-0.1, -0.05) is 18.2 Å². The first-order valence-corrected chi connectivity index (χ1v) is 12.3. The van der Waals surface area contributed by atoms with Crippen molar-refractivity contribution in [2.75, 3.05) is 52.1 Å². The number of rotatable bonds is 7. The van der Waals surface area contributed by atoms with E-state index in [0.717, 1.165) is 6.26 Å². The van der Waals surface area contributed by atoms with Gasteiger partial charge in [-0.05, 0) is 19.9 Å². The Morgan fingerprint density at radius 1 is 1.07 bits per heavy atom. The van der Waals surface area contributed by atoms with Crippen molar-refractivity contribution >= 4 is 32.6 Å². The van der Waals surface area contributed by atoms with Gasteiger partial charge in [0.2, 0.25) is 5.91 Å². The minimum Gasteiger partial charge on any atom is -0.451 e. The first-order chi connectivity index (χ1) is 14.2. The highest BCUT2D eigenvalue weighted by Gasteiger charge is 2.30. The molecule has 1 saturated heterocycles. The van der Waals surface area contributed by atoms with Crippen LogP contribution in [-0.4, -0.2) is 87.0 Å². The molecule has 1 aromatic carbocycles. The number of carbonyl (C=O) groups excluding carboxylic acids is 2. The largest absolute Gasteiger partial charge is 0.451 e. The molecule has 0 saturated carbocycles. The predicted octanol–water partition coefficient (Wildman–Crippen LogP) is 1.60. The number of carbonyl (C=O) groups is 2. The van der Waals surface area contributed by atoms with Gasteiger partial charge in [0.25, 0.3) is 5.91 Å². The molecule has 2 heterocycles. The maximum Gasteiger partial charge on any atom is 0.290 e. The highest BCUT2D eigenvalue weighted by molar-refractivity contribution is 7.89. The van der Waals surface area contributed by atoms with Crippen LogP contribution in [0.3, 0.4) is 0 Å². The van der Waals surface area contributed by atoms with Crippen LogP contribution >= 0.6 is 0 Å². The molecule has 1 aromatic heterocycles. The highest BCUT2D eigenvalue weighted by Crippen LogP contribution is 2.28. The smallest absolute Gasteiger partial charge is 0.290 e. The van der Waals surface area contributed by atoms with E-state index in [-0.39, 0.29) is 23.3 Å². The number of furan rings is 1. The van der Waals surface area contributed by atoms with E-state index < -0.39 is 9.84 Å². The number of fused-ring (bicyclic) bond motifs is 1. The predicted molar refractivity (Wildman–Crippen MR) is 115 cm³/mol. The van der Waals surface area contributed by atoms with Gasteiger partial charge < -0.3 is 14.2 Å². The van der Waals surface area contributed by atoms with E-state index in [4.69, 9.17) is 4.42 Å². The molecule has 3 rings (SSSR count). The molecule has 0 radical (unpaired) electrons. The summed E-state index contributed by atoms with van der Waals surface area (Å²) >= 11 is 0. The molecule has 9 heteroatoms. The summed E-state index contributed by atoms with van der Waals surface area (Å²) < 4.78 is 29.7. The zero-order valence-electron chi connectivity index (χ0n) is 17.8. The Hall–Kier alpha value is -2.39. The van der Waals surface area contributed by atoms with E-state index in [1.807, 2.05) is 18.7 Å². The SMILES string of the molecule is CCN(CC)C(=O)CN1CCN(C(=O)c2oc3ccccc3c2CS(C)(=O)=O)CC1. The lowest BCUT2D eigenvalue weighted by atomic mass is 10.1. The Morgan fingerprint density at radius 3 is 2.30 bits per heavy atom. The normalized spacial score (nSPS) is 15.5. The van der Waals surface area contributed by atoms with Crippen LogP contribution in [0.4, 0.5) is 0 Å². The van der Waals surface area contributed by atoms with Crippen LogP contribution in [0.1, 0.15) is 30.0 Å². The molecule has 1 fully saturated rings. The minimum atomic E-state index is -3.34. The van der Waals surface area contributed by atoms with Crippen LogP contribution in [0.2, 0.25) is 0 Å². The van der Waals surface area contributed by atoms with Gasteiger partial charge in [-0.25, -0.2) is 8.42 Å². The Bertz CT molecular complexity index is 1020. The van der Waals surface area contributed by atoms with Crippen LogP contribution in [0, 0.1) is 0 Å². The third-order valence-corrected chi connectivity index (χ3v) is 6.25. The summed E-state index contributed by atoms with van der Waals surface area (Å²) in [6.45, 7) is 7.71. The molecule has 2 aromatic rings. The maximum atomic E-state index is 13.1. The van der Waals surface area contributed by atoms with Crippen LogP contribution < -0.4 is 0 Å². The Morgan fingerprint density at radius 2 is 1.70 bits per heavy atom. The fourth-order valence-corrected chi connectivity index (χ4v) is 4.61. The van der Waals surface area contributed by atoms with Crippen molar-refractivity contribution in [2.45, 2.75) is 19.6 Å². The molecule has 8 nitrogen and oxygen atoms in total. The van der Waals surface area contributed by atoms with Gasteiger partial charge >= 0.3 is 0 Å². The molecule has 0 atom stereocenters. The molecule has 0 N–H and O–H groups in total. The monoisotopic (exact) mass is 435 g/mol. The van der Waals surface area contributed by atoms with Crippen molar-refractivity contribution in [2.24, 2.45) is 0 Å². The molecular weight excluding hydrogens is 406 g/mol. The summed E-state index contributed by atoms with van der Waals surface area (Å²) in [4.78, 5) is 31.0. The van der Waals surface area contributed by atoms with Gasteiger partial charge in [-0.3, -0.25) is 14.5 Å². The third-order valence-electron chi connectivity index (χ3n) is 5.43. The molecule has 0 unspecified atom stereocenters. The second-order valence-electron chi connectivity index (χ2n) is 7.61. The molecule has 0 spiro atoms. The van der Waals surface area contributed by atoms with Crippen molar-refractivity contribution in [3.8, 4) is 0 Å². The van der Waals surface area contributed by atoms with Gasteiger partial charge in [0, 0.05) is 56.5 Å². The number of likely N-dealkylation sites (N-methyl/N-ethyl adjacent to an activating group) is 1. The number of para-hydroxylation sites is 1. The fourth-order valence-electron chi connectivity index (χ4n) is 3.80. The number of sulfone groups is 1. The Balaban J connectivity index is 1.73. The van der Waals surface area contributed by atoms with Crippen LogP contribution in [0.5, 0.6) is 0 Å². The van der Waals surface area contributed by atoms with Crippen molar-refractivity contribution < 1.29 is 22.4 Å². The lowest BCUT2D eigenvalue weighted by Gasteiger charge is -2.35. The number of amides is 2. The van der Waals surface area contributed by atoms with Crippen molar-refractivity contribution in [3.05, 3.63) is 35.6 Å². The van der Waals surface area contributed by atoms with E-state index in [1.165, 1.54) is 0 Å².